The van der Waals surface area contributed by atoms with Gasteiger partial charge in [-0.15, -0.1) is 0 Å². The van der Waals surface area contributed by atoms with E-state index in [2.05, 4.69) is 15.0 Å². The van der Waals surface area contributed by atoms with E-state index in [1.807, 2.05) is 0 Å². The number of rotatable bonds is 2. The van der Waals surface area contributed by atoms with E-state index in [4.69, 9.17) is 0 Å². The molecule has 0 aliphatic carbocycles. The zero-order chi connectivity index (χ0) is 15.0. The van der Waals surface area contributed by atoms with Crippen molar-refractivity contribution in [1.82, 2.24) is 15.0 Å². The zero-order valence-electron chi connectivity index (χ0n) is 10.8. The minimum absolute atomic E-state index is 0.00778. The zero-order valence-corrected chi connectivity index (χ0v) is 11.6. The molecule has 106 valence electrons. The number of hydrogen-bond donors (Lipinski definition) is 0. The summed E-state index contributed by atoms with van der Waals surface area (Å²) in [5.41, 5.74) is 2.08. The summed E-state index contributed by atoms with van der Waals surface area (Å²) in [6, 6.07) is 0. The van der Waals surface area contributed by atoms with E-state index in [0.717, 1.165) is 5.56 Å². The van der Waals surface area contributed by atoms with Gasteiger partial charge in [-0.1, -0.05) is 0 Å². The van der Waals surface area contributed by atoms with Crippen LogP contribution in [0.1, 0.15) is 17.0 Å². The van der Waals surface area contributed by atoms with Crippen LogP contribution in [0.15, 0.2) is 10.1 Å². The molecule has 0 aliphatic heterocycles. The Kier molecular flexibility index (Phi) is 3.94. The molecule has 3 nitrogen and oxygen atoms in total. The van der Waals surface area contributed by atoms with E-state index >= 15 is 0 Å². The van der Waals surface area contributed by atoms with Crippen molar-refractivity contribution in [2.45, 2.75) is 30.8 Å². The van der Waals surface area contributed by atoms with Crippen LogP contribution in [0.4, 0.5) is 17.6 Å². The Balaban J connectivity index is 2.50. The van der Waals surface area contributed by atoms with Crippen LogP contribution in [0.3, 0.4) is 0 Å². The van der Waals surface area contributed by atoms with Gasteiger partial charge in [0.25, 0.3) is 11.9 Å². The number of aromatic nitrogens is 3. The molecule has 2 heterocycles. The van der Waals surface area contributed by atoms with Gasteiger partial charge in [0.15, 0.2) is 16.8 Å². The second-order valence-electron chi connectivity index (χ2n) is 4.05. The van der Waals surface area contributed by atoms with Crippen LogP contribution in [-0.4, -0.2) is 15.0 Å². The number of halogens is 4. The fourth-order valence-electron chi connectivity index (χ4n) is 1.44. The van der Waals surface area contributed by atoms with Gasteiger partial charge >= 0.3 is 0 Å². The van der Waals surface area contributed by atoms with Crippen molar-refractivity contribution in [3.63, 3.8) is 0 Å². The van der Waals surface area contributed by atoms with Crippen LogP contribution >= 0.6 is 11.8 Å². The summed E-state index contributed by atoms with van der Waals surface area (Å²) in [6.07, 6.45) is 0. The molecular formula is C12H9F4N3S. The Bertz CT molecular complexity index is 642. The lowest BCUT2D eigenvalue weighted by Crippen LogP contribution is -2.04. The molecule has 0 spiro atoms. The first-order valence-corrected chi connectivity index (χ1v) is 6.32. The maximum absolute atomic E-state index is 13.5. The van der Waals surface area contributed by atoms with Crippen molar-refractivity contribution < 1.29 is 17.6 Å². The Morgan fingerprint density at radius 2 is 1.20 bits per heavy atom. The lowest BCUT2D eigenvalue weighted by atomic mass is 10.2. The third kappa shape index (κ3) is 2.60. The molecule has 0 aliphatic rings. The van der Waals surface area contributed by atoms with Gasteiger partial charge in [0.05, 0.1) is 4.90 Å². The maximum Gasteiger partial charge on any atom is 0.252 e. The Morgan fingerprint density at radius 3 is 1.65 bits per heavy atom. The molecule has 0 amide bonds. The monoisotopic (exact) mass is 303 g/mol. The molecule has 0 radical (unpaired) electrons. The highest BCUT2D eigenvalue weighted by atomic mass is 32.2. The molecule has 0 atom stereocenters. The van der Waals surface area contributed by atoms with Crippen molar-refractivity contribution in [2.75, 3.05) is 0 Å². The number of pyridine rings is 1. The second-order valence-corrected chi connectivity index (χ2v) is 5.03. The van der Waals surface area contributed by atoms with Crippen molar-refractivity contribution in [1.29, 1.82) is 0 Å². The quantitative estimate of drug-likeness (QED) is 0.483. The predicted octanol–water partition coefficient (Wildman–Crippen LogP) is 3.50. The Labute approximate surface area is 116 Å². The molecular weight excluding hydrogens is 294 g/mol. The lowest BCUT2D eigenvalue weighted by molar-refractivity contribution is 0.383. The molecule has 2 aromatic heterocycles. The first-order valence-electron chi connectivity index (χ1n) is 5.51. The van der Waals surface area contributed by atoms with E-state index in [-0.39, 0.29) is 5.16 Å². The number of hydrogen-bond acceptors (Lipinski definition) is 4. The Hall–Kier alpha value is -1.70. The fourth-order valence-corrected chi connectivity index (χ4v) is 2.33. The van der Waals surface area contributed by atoms with E-state index in [9.17, 15) is 17.6 Å². The van der Waals surface area contributed by atoms with Crippen LogP contribution in [0.25, 0.3) is 0 Å². The third-order valence-corrected chi connectivity index (χ3v) is 3.69. The first kappa shape index (κ1) is 14.7. The maximum atomic E-state index is 13.5. The summed E-state index contributed by atoms with van der Waals surface area (Å²) in [7, 11) is 0. The van der Waals surface area contributed by atoms with Crippen molar-refractivity contribution in [3.05, 3.63) is 40.5 Å². The topological polar surface area (TPSA) is 38.7 Å². The average molecular weight is 303 g/mol. The molecule has 0 N–H and O–H groups in total. The molecule has 0 saturated heterocycles. The molecule has 2 aromatic rings. The highest BCUT2D eigenvalue weighted by molar-refractivity contribution is 7.99. The second kappa shape index (κ2) is 5.35. The summed E-state index contributed by atoms with van der Waals surface area (Å²) in [5.74, 6) is -6.53. The highest BCUT2D eigenvalue weighted by Crippen LogP contribution is 2.32. The minimum Gasteiger partial charge on any atom is -0.227 e. The summed E-state index contributed by atoms with van der Waals surface area (Å²) in [4.78, 5) is 9.68. The SMILES string of the molecule is Cc1nc(Sc2c(F)c(F)nc(F)c2F)nc(C)c1C. The standard InChI is InChI=1S/C12H9F4N3S/c1-4-5(2)17-12(18-6(4)3)20-9-7(13)10(15)19-11(16)8(9)14/h1-3H3. The van der Waals surface area contributed by atoms with Crippen molar-refractivity contribution in [3.8, 4) is 0 Å². The van der Waals surface area contributed by atoms with Crippen molar-refractivity contribution >= 4 is 11.8 Å². The van der Waals surface area contributed by atoms with Crippen molar-refractivity contribution in [2.24, 2.45) is 0 Å². The number of nitrogens with zero attached hydrogens (tertiary/aromatic N) is 3. The molecule has 0 fully saturated rings. The minimum atomic E-state index is -1.70. The summed E-state index contributed by atoms with van der Waals surface area (Å²) in [5, 5.41) is 0.00778. The highest BCUT2D eigenvalue weighted by Gasteiger charge is 2.22. The Morgan fingerprint density at radius 1 is 0.750 bits per heavy atom. The normalized spacial score (nSPS) is 10.9. The van der Waals surface area contributed by atoms with Crippen LogP contribution in [-0.2, 0) is 0 Å². The van der Waals surface area contributed by atoms with E-state index in [1.165, 1.54) is 0 Å². The number of aryl methyl sites for hydroxylation is 2. The predicted molar refractivity (Wildman–Crippen MR) is 64.4 cm³/mol. The van der Waals surface area contributed by atoms with Crippen LogP contribution < -0.4 is 0 Å². The lowest BCUT2D eigenvalue weighted by Gasteiger charge is -2.08. The van der Waals surface area contributed by atoms with Gasteiger partial charge in [-0.3, -0.25) is 0 Å². The third-order valence-electron chi connectivity index (χ3n) is 2.76. The fraction of sp³-hybridized carbons (Fsp3) is 0.250. The van der Waals surface area contributed by atoms with Gasteiger partial charge in [0.1, 0.15) is 0 Å². The first-order chi connectivity index (χ1) is 9.31. The van der Waals surface area contributed by atoms with Gasteiger partial charge in [-0.2, -0.15) is 13.8 Å². The summed E-state index contributed by atoms with van der Waals surface area (Å²) >= 11 is 0.414. The molecule has 0 aromatic carbocycles. The van der Waals surface area contributed by atoms with Crippen LogP contribution in [0, 0.1) is 44.3 Å². The average Bonchev–Trinajstić information content (AvgIpc) is 2.38. The molecule has 20 heavy (non-hydrogen) atoms. The summed E-state index contributed by atoms with van der Waals surface area (Å²) < 4.78 is 53.0. The molecule has 0 saturated carbocycles. The largest absolute Gasteiger partial charge is 0.252 e. The van der Waals surface area contributed by atoms with Crippen LogP contribution in [0.5, 0.6) is 0 Å². The van der Waals surface area contributed by atoms with E-state index < -0.39 is 28.4 Å². The van der Waals surface area contributed by atoms with E-state index in [1.54, 1.807) is 20.8 Å². The van der Waals surface area contributed by atoms with Gasteiger partial charge in [-0.25, -0.2) is 18.7 Å². The van der Waals surface area contributed by atoms with Gasteiger partial charge in [0, 0.05) is 11.4 Å². The summed E-state index contributed by atoms with van der Waals surface area (Å²) in [6.45, 7) is 5.20. The smallest absolute Gasteiger partial charge is 0.227 e. The van der Waals surface area contributed by atoms with Crippen LogP contribution in [0.2, 0.25) is 0 Å². The van der Waals surface area contributed by atoms with Gasteiger partial charge < -0.3 is 0 Å². The molecule has 2 rings (SSSR count). The van der Waals surface area contributed by atoms with Gasteiger partial charge in [-0.05, 0) is 38.1 Å². The van der Waals surface area contributed by atoms with E-state index in [0.29, 0.717) is 23.1 Å². The van der Waals surface area contributed by atoms with Gasteiger partial charge in [0.2, 0.25) is 0 Å². The molecule has 0 bridgehead atoms. The molecule has 0 unspecified atom stereocenters. The molecule has 8 heteroatoms.